The monoisotopic (exact) mass is 134 g/mol. The van der Waals surface area contributed by atoms with Crippen molar-refractivity contribution in [2.75, 3.05) is 0 Å². The zero-order valence-corrected chi connectivity index (χ0v) is 6.72. The molecule has 1 unspecified atom stereocenters. The molecule has 0 aromatic carbocycles. The molecule has 0 saturated carbocycles. The van der Waals surface area contributed by atoms with Crippen molar-refractivity contribution in [1.82, 2.24) is 0 Å². The van der Waals surface area contributed by atoms with Gasteiger partial charge in [0, 0.05) is 5.41 Å². The minimum absolute atomic E-state index is 0.208. The van der Waals surface area contributed by atoms with Crippen LogP contribution in [0.2, 0.25) is 0 Å². The van der Waals surface area contributed by atoms with Gasteiger partial charge < -0.3 is 0 Å². The van der Waals surface area contributed by atoms with Crippen molar-refractivity contribution < 1.29 is 0 Å². The van der Waals surface area contributed by atoms with Crippen LogP contribution in [0.4, 0.5) is 0 Å². The highest BCUT2D eigenvalue weighted by atomic mass is 14.2. The third-order valence-corrected chi connectivity index (χ3v) is 2.06. The Morgan fingerprint density at radius 1 is 1.70 bits per heavy atom. The molecule has 0 spiro atoms. The zero-order valence-electron chi connectivity index (χ0n) is 6.72. The predicted octanol–water partition coefficient (Wildman–Crippen LogP) is 3.08. The second-order valence-corrected chi connectivity index (χ2v) is 3.20. The van der Waals surface area contributed by atoms with Gasteiger partial charge in [-0.3, -0.25) is 0 Å². The highest BCUT2D eigenvalue weighted by molar-refractivity contribution is 5.26. The first-order chi connectivity index (χ1) is 4.66. The maximum absolute atomic E-state index is 3.80. The molecule has 0 aliphatic heterocycles. The van der Waals surface area contributed by atoms with Gasteiger partial charge in [0.1, 0.15) is 0 Å². The van der Waals surface area contributed by atoms with E-state index in [9.17, 15) is 0 Å². The van der Waals surface area contributed by atoms with Gasteiger partial charge in [0.25, 0.3) is 0 Å². The third kappa shape index (κ3) is 1.38. The molecule has 54 valence electrons. The second-order valence-electron chi connectivity index (χ2n) is 3.20. The predicted molar refractivity (Wildman–Crippen MR) is 45.8 cm³/mol. The standard InChI is InChI=1S/C10H14/c1-4-10(3)7-5-9(2)6-8-10/h4-7H,1,8H2,2-3H3. The molecule has 0 heteroatoms. The Balaban J connectivity index is 2.76. The van der Waals surface area contributed by atoms with Gasteiger partial charge in [-0.05, 0) is 13.3 Å². The van der Waals surface area contributed by atoms with E-state index < -0.39 is 0 Å². The van der Waals surface area contributed by atoms with Gasteiger partial charge >= 0.3 is 0 Å². The number of hydrogen-bond acceptors (Lipinski definition) is 0. The van der Waals surface area contributed by atoms with E-state index in [1.807, 2.05) is 6.08 Å². The van der Waals surface area contributed by atoms with Gasteiger partial charge in [0.15, 0.2) is 0 Å². The van der Waals surface area contributed by atoms with Gasteiger partial charge in [-0.15, -0.1) is 6.58 Å². The van der Waals surface area contributed by atoms with Crippen molar-refractivity contribution in [3.05, 3.63) is 36.5 Å². The molecule has 0 nitrogen and oxygen atoms in total. The molecule has 0 heterocycles. The van der Waals surface area contributed by atoms with Crippen LogP contribution in [0.5, 0.6) is 0 Å². The van der Waals surface area contributed by atoms with Crippen LogP contribution in [0.25, 0.3) is 0 Å². The molecule has 0 amide bonds. The first kappa shape index (κ1) is 7.33. The number of allylic oxidation sites excluding steroid dienone is 5. The molecule has 0 radical (unpaired) electrons. The molecule has 0 bridgehead atoms. The fraction of sp³-hybridized carbons (Fsp3) is 0.400. The largest absolute Gasteiger partial charge is 0.102 e. The molecule has 10 heavy (non-hydrogen) atoms. The summed E-state index contributed by atoms with van der Waals surface area (Å²) in [6.45, 7) is 8.12. The van der Waals surface area contributed by atoms with Crippen molar-refractivity contribution in [2.24, 2.45) is 5.41 Å². The molecule has 0 aromatic rings. The van der Waals surface area contributed by atoms with Crippen molar-refractivity contribution in [1.29, 1.82) is 0 Å². The summed E-state index contributed by atoms with van der Waals surface area (Å²) < 4.78 is 0. The Hall–Kier alpha value is -0.780. The minimum Gasteiger partial charge on any atom is -0.102 e. The molecule has 1 aliphatic rings. The fourth-order valence-electron chi connectivity index (χ4n) is 0.990. The van der Waals surface area contributed by atoms with Gasteiger partial charge in [0.05, 0.1) is 0 Å². The topological polar surface area (TPSA) is 0 Å². The van der Waals surface area contributed by atoms with Crippen molar-refractivity contribution in [3.8, 4) is 0 Å². The molecule has 0 N–H and O–H groups in total. The summed E-state index contributed by atoms with van der Waals surface area (Å²) in [5, 5.41) is 0. The minimum atomic E-state index is 0.208. The van der Waals surface area contributed by atoms with E-state index in [-0.39, 0.29) is 5.41 Å². The van der Waals surface area contributed by atoms with Crippen LogP contribution < -0.4 is 0 Å². The van der Waals surface area contributed by atoms with Crippen LogP contribution in [0.15, 0.2) is 36.5 Å². The SMILES string of the molecule is C=CC1(C)C=CC(C)=CC1. The van der Waals surface area contributed by atoms with E-state index in [1.54, 1.807) is 0 Å². The van der Waals surface area contributed by atoms with E-state index in [4.69, 9.17) is 0 Å². The quantitative estimate of drug-likeness (QED) is 0.483. The lowest BCUT2D eigenvalue weighted by Gasteiger charge is -2.22. The van der Waals surface area contributed by atoms with E-state index in [1.165, 1.54) is 5.57 Å². The maximum atomic E-state index is 3.80. The normalized spacial score (nSPS) is 31.6. The lowest BCUT2D eigenvalue weighted by Crippen LogP contribution is -2.09. The first-order valence-electron chi connectivity index (χ1n) is 3.66. The maximum Gasteiger partial charge on any atom is 0.00678 e. The molecular weight excluding hydrogens is 120 g/mol. The van der Waals surface area contributed by atoms with Crippen LogP contribution in [0, 0.1) is 5.41 Å². The van der Waals surface area contributed by atoms with Gasteiger partial charge in [-0.25, -0.2) is 0 Å². The number of hydrogen-bond donors (Lipinski definition) is 0. The van der Waals surface area contributed by atoms with Crippen molar-refractivity contribution in [3.63, 3.8) is 0 Å². The molecule has 0 aromatic heterocycles. The Kier molecular flexibility index (Phi) is 1.80. The molecule has 1 aliphatic carbocycles. The van der Waals surface area contributed by atoms with E-state index >= 15 is 0 Å². The lowest BCUT2D eigenvalue weighted by atomic mass is 9.82. The smallest absolute Gasteiger partial charge is 0.00678 e. The van der Waals surface area contributed by atoms with Crippen molar-refractivity contribution >= 4 is 0 Å². The lowest BCUT2D eigenvalue weighted by molar-refractivity contribution is 0.555. The van der Waals surface area contributed by atoms with Gasteiger partial charge in [-0.2, -0.15) is 0 Å². The summed E-state index contributed by atoms with van der Waals surface area (Å²) in [4.78, 5) is 0. The Labute approximate surface area is 62.9 Å². The number of rotatable bonds is 1. The molecule has 0 fully saturated rings. The summed E-state index contributed by atoms with van der Waals surface area (Å²) in [5.74, 6) is 0. The van der Waals surface area contributed by atoms with E-state index in [0.29, 0.717) is 0 Å². The van der Waals surface area contributed by atoms with Crippen LogP contribution in [-0.4, -0.2) is 0 Å². The van der Waals surface area contributed by atoms with Crippen molar-refractivity contribution in [2.45, 2.75) is 20.3 Å². The zero-order chi connectivity index (χ0) is 7.61. The Bertz CT molecular complexity index is 196. The first-order valence-corrected chi connectivity index (χ1v) is 3.66. The van der Waals surface area contributed by atoms with Crippen LogP contribution in [0.3, 0.4) is 0 Å². The van der Waals surface area contributed by atoms with Crippen LogP contribution >= 0.6 is 0 Å². The summed E-state index contributed by atoms with van der Waals surface area (Å²) >= 11 is 0. The van der Waals surface area contributed by atoms with Crippen LogP contribution in [0.1, 0.15) is 20.3 Å². The van der Waals surface area contributed by atoms with Gasteiger partial charge in [0.2, 0.25) is 0 Å². The second kappa shape index (κ2) is 2.45. The average Bonchev–Trinajstić information content (AvgIpc) is 1.96. The highest BCUT2D eigenvalue weighted by Crippen LogP contribution is 2.29. The van der Waals surface area contributed by atoms with Crippen LogP contribution in [-0.2, 0) is 0 Å². The van der Waals surface area contributed by atoms with E-state index in [2.05, 4.69) is 38.7 Å². The Morgan fingerprint density at radius 2 is 2.40 bits per heavy atom. The molecule has 1 rings (SSSR count). The summed E-state index contributed by atoms with van der Waals surface area (Å²) in [6, 6.07) is 0. The third-order valence-electron chi connectivity index (χ3n) is 2.06. The summed E-state index contributed by atoms with van der Waals surface area (Å²) in [5.41, 5.74) is 1.57. The summed E-state index contributed by atoms with van der Waals surface area (Å²) in [7, 11) is 0. The van der Waals surface area contributed by atoms with E-state index in [0.717, 1.165) is 6.42 Å². The highest BCUT2D eigenvalue weighted by Gasteiger charge is 2.16. The average molecular weight is 134 g/mol. The van der Waals surface area contributed by atoms with Gasteiger partial charge in [-0.1, -0.05) is 36.8 Å². The molecule has 1 atom stereocenters. The molecular formula is C10H14. The molecule has 0 saturated heterocycles. The summed E-state index contributed by atoms with van der Waals surface area (Å²) in [6.07, 6.45) is 9.73. The fourth-order valence-corrected chi connectivity index (χ4v) is 0.990. The Morgan fingerprint density at radius 3 is 2.80 bits per heavy atom.